The first-order chi connectivity index (χ1) is 11.2. The molecule has 0 N–H and O–H groups in total. The normalized spacial score (nSPS) is 12.5. The average Bonchev–Trinajstić information content (AvgIpc) is 2.52. The number of rotatable bonds is 5. The van der Waals surface area contributed by atoms with Crippen molar-refractivity contribution in [1.29, 1.82) is 0 Å². The molecule has 0 bridgehead atoms. The molecule has 0 saturated carbocycles. The Morgan fingerprint density at radius 2 is 1.62 bits per heavy atom. The van der Waals surface area contributed by atoms with Crippen molar-refractivity contribution in [2.24, 2.45) is 0 Å². The highest BCUT2D eigenvalue weighted by Crippen LogP contribution is 2.23. The third kappa shape index (κ3) is 5.38. The first kappa shape index (κ1) is 18.0. The quantitative estimate of drug-likeness (QED) is 0.765. The molecule has 1 atom stereocenters. The lowest BCUT2D eigenvalue weighted by Crippen LogP contribution is -2.17. The van der Waals surface area contributed by atoms with Gasteiger partial charge in [-0.3, -0.25) is 4.21 Å². The lowest BCUT2D eigenvalue weighted by molar-refractivity contribution is -0.274. The molecule has 128 valence electrons. The molecule has 0 radical (unpaired) electrons. The molecule has 8 heteroatoms. The van der Waals surface area contributed by atoms with Gasteiger partial charge in [0.15, 0.2) is 0 Å². The Balaban J connectivity index is 1.92. The SMILES string of the molecule is CS(=O)c1ccc(C(=O)OCc2ccc(OC(F)(F)F)cc2)cc1. The summed E-state index contributed by atoms with van der Waals surface area (Å²) in [6, 6.07) is 11.2. The Hall–Kier alpha value is -2.35. The van der Waals surface area contributed by atoms with E-state index in [0.717, 1.165) is 12.1 Å². The number of alkyl halides is 3. The van der Waals surface area contributed by atoms with Crippen molar-refractivity contribution in [2.75, 3.05) is 6.26 Å². The molecule has 0 amide bonds. The molecule has 0 aromatic heterocycles. The maximum Gasteiger partial charge on any atom is 0.573 e. The number of benzene rings is 2. The van der Waals surface area contributed by atoms with Crippen molar-refractivity contribution in [3.63, 3.8) is 0 Å². The monoisotopic (exact) mass is 358 g/mol. The fourth-order valence-corrected chi connectivity index (χ4v) is 2.32. The van der Waals surface area contributed by atoms with Crippen LogP contribution in [0.3, 0.4) is 0 Å². The zero-order valence-corrected chi connectivity index (χ0v) is 13.3. The van der Waals surface area contributed by atoms with Crippen molar-refractivity contribution in [3.8, 4) is 5.75 Å². The number of carbonyl (C=O) groups excluding carboxylic acids is 1. The number of hydrogen-bond donors (Lipinski definition) is 0. The first-order valence-corrected chi connectivity index (χ1v) is 8.26. The minimum absolute atomic E-state index is 0.0907. The van der Waals surface area contributed by atoms with Gasteiger partial charge in [-0.15, -0.1) is 13.2 Å². The topological polar surface area (TPSA) is 52.6 Å². The molecule has 0 aliphatic heterocycles. The Morgan fingerprint density at radius 3 is 2.12 bits per heavy atom. The summed E-state index contributed by atoms with van der Waals surface area (Å²) in [7, 11) is -1.14. The van der Waals surface area contributed by atoms with E-state index < -0.39 is 23.1 Å². The molecular formula is C16H13F3O4S. The standard InChI is InChI=1S/C16H13F3O4S/c1-24(21)14-8-4-12(5-9-14)15(20)22-10-11-2-6-13(7-3-11)23-16(17,18)19/h2-9H,10H2,1H3. The summed E-state index contributed by atoms with van der Waals surface area (Å²) in [5.74, 6) is -0.931. The number of esters is 1. The van der Waals surface area contributed by atoms with Crippen LogP contribution in [0, 0.1) is 0 Å². The number of ether oxygens (including phenoxy) is 2. The van der Waals surface area contributed by atoms with Gasteiger partial charge >= 0.3 is 12.3 Å². The average molecular weight is 358 g/mol. The Bertz CT molecular complexity index is 724. The fourth-order valence-electron chi connectivity index (χ4n) is 1.80. The molecule has 2 aromatic carbocycles. The predicted molar refractivity (Wildman–Crippen MR) is 81.0 cm³/mol. The maximum atomic E-state index is 12.1. The summed E-state index contributed by atoms with van der Waals surface area (Å²) < 4.78 is 56.2. The second kappa shape index (κ2) is 7.48. The lowest BCUT2D eigenvalue weighted by atomic mass is 10.2. The van der Waals surface area contributed by atoms with Gasteiger partial charge in [-0.25, -0.2) is 4.79 Å². The van der Waals surface area contributed by atoms with Crippen molar-refractivity contribution < 1.29 is 31.6 Å². The molecule has 0 aliphatic rings. The van der Waals surface area contributed by atoms with Crippen LogP contribution in [-0.4, -0.2) is 22.8 Å². The third-order valence-electron chi connectivity index (χ3n) is 2.95. The third-order valence-corrected chi connectivity index (χ3v) is 3.88. The van der Waals surface area contributed by atoms with E-state index in [-0.39, 0.29) is 12.4 Å². The van der Waals surface area contributed by atoms with Crippen LogP contribution in [0.2, 0.25) is 0 Å². The van der Waals surface area contributed by atoms with E-state index in [9.17, 15) is 22.2 Å². The molecule has 0 saturated heterocycles. The fraction of sp³-hybridized carbons (Fsp3) is 0.188. The Labute approximate surface area is 138 Å². The predicted octanol–water partition coefficient (Wildman–Crippen LogP) is 3.68. The van der Waals surface area contributed by atoms with Gasteiger partial charge in [0.1, 0.15) is 12.4 Å². The number of carbonyl (C=O) groups is 1. The zero-order valence-electron chi connectivity index (χ0n) is 12.5. The van der Waals surface area contributed by atoms with Crippen LogP contribution in [-0.2, 0) is 22.1 Å². The van der Waals surface area contributed by atoms with Crippen molar-refractivity contribution in [3.05, 3.63) is 59.7 Å². The first-order valence-electron chi connectivity index (χ1n) is 6.70. The minimum atomic E-state index is -4.75. The smallest absolute Gasteiger partial charge is 0.457 e. The van der Waals surface area contributed by atoms with Crippen LogP contribution in [0.15, 0.2) is 53.4 Å². The van der Waals surface area contributed by atoms with Gasteiger partial charge in [0, 0.05) is 22.0 Å². The summed E-state index contributed by atoms with van der Waals surface area (Å²) in [6.07, 6.45) is -3.22. The second-order valence-corrected chi connectivity index (χ2v) is 6.13. The van der Waals surface area contributed by atoms with Crippen molar-refractivity contribution in [2.45, 2.75) is 17.9 Å². The van der Waals surface area contributed by atoms with Crippen LogP contribution in [0.25, 0.3) is 0 Å². The van der Waals surface area contributed by atoms with Crippen LogP contribution >= 0.6 is 0 Å². The van der Waals surface area contributed by atoms with Gasteiger partial charge in [0.05, 0.1) is 5.56 Å². The van der Waals surface area contributed by atoms with Crippen LogP contribution in [0.4, 0.5) is 13.2 Å². The molecule has 2 aromatic rings. The van der Waals surface area contributed by atoms with Gasteiger partial charge < -0.3 is 9.47 Å². The van der Waals surface area contributed by atoms with Gasteiger partial charge in [0.2, 0.25) is 0 Å². The summed E-state index contributed by atoms with van der Waals surface area (Å²) >= 11 is 0. The molecule has 2 rings (SSSR count). The lowest BCUT2D eigenvalue weighted by Gasteiger charge is -2.09. The second-order valence-electron chi connectivity index (χ2n) is 4.75. The Morgan fingerprint density at radius 1 is 1.04 bits per heavy atom. The molecule has 0 spiro atoms. The molecule has 0 heterocycles. The minimum Gasteiger partial charge on any atom is -0.457 e. The summed E-state index contributed by atoms with van der Waals surface area (Å²) in [5, 5.41) is 0. The van der Waals surface area contributed by atoms with Gasteiger partial charge in [-0.1, -0.05) is 12.1 Å². The maximum absolute atomic E-state index is 12.1. The van der Waals surface area contributed by atoms with Gasteiger partial charge in [-0.2, -0.15) is 0 Å². The zero-order chi connectivity index (χ0) is 17.7. The van der Waals surface area contributed by atoms with Gasteiger partial charge in [-0.05, 0) is 42.0 Å². The Kier molecular flexibility index (Phi) is 5.61. The summed E-state index contributed by atoms with van der Waals surface area (Å²) in [6.45, 7) is -0.0907. The van der Waals surface area contributed by atoms with E-state index in [4.69, 9.17) is 4.74 Å². The molecule has 0 aliphatic carbocycles. The van der Waals surface area contributed by atoms with E-state index in [1.54, 1.807) is 12.1 Å². The molecule has 0 fully saturated rings. The highest BCUT2D eigenvalue weighted by molar-refractivity contribution is 7.84. The number of halogens is 3. The highest BCUT2D eigenvalue weighted by Gasteiger charge is 2.30. The van der Waals surface area contributed by atoms with E-state index in [2.05, 4.69) is 4.74 Å². The highest BCUT2D eigenvalue weighted by atomic mass is 32.2. The summed E-state index contributed by atoms with van der Waals surface area (Å²) in [4.78, 5) is 12.5. The largest absolute Gasteiger partial charge is 0.573 e. The van der Waals surface area contributed by atoms with E-state index in [1.807, 2.05) is 0 Å². The van der Waals surface area contributed by atoms with Crippen LogP contribution in [0.1, 0.15) is 15.9 Å². The van der Waals surface area contributed by atoms with Gasteiger partial charge in [0.25, 0.3) is 0 Å². The summed E-state index contributed by atoms with van der Waals surface area (Å²) in [5.41, 5.74) is 0.811. The van der Waals surface area contributed by atoms with E-state index in [1.165, 1.54) is 30.5 Å². The van der Waals surface area contributed by atoms with E-state index >= 15 is 0 Å². The van der Waals surface area contributed by atoms with E-state index in [0.29, 0.717) is 16.0 Å². The molecule has 24 heavy (non-hydrogen) atoms. The van der Waals surface area contributed by atoms with Crippen LogP contribution < -0.4 is 4.74 Å². The molecule has 1 unspecified atom stereocenters. The van der Waals surface area contributed by atoms with Crippen LogP contribution in [0.5, 0.6) is 5.75 Å². The van der Waals surface area contributed by atoms with Crippen molar-refractivity contribution in [1.82, 2.24) is 0 Å². The van der Waals surface area contributed by atoms with Crippen molar-refractivity contribution >= 4 is 16.8 Å². The molecular weight excluding hydrogens is 345 g/mol. The number of hydrogen-bond acceptors (Lipinski definition) is 4. The molecule has 4 nitrogen and oxygen atoms in total.